The average Bonchev–Trinajstić information content (AvgIpc) is 2.34. The third-order valence-corrected chi connectivity index (χ3v) is 2.56. The van der Waals surface area contributed by atoms with Crippen LogP contribution in [0.25, 0.3) is 0 Å². The molecule has 0 saturated heterocycles. The molecule has 0 aliphatic heterocycles. The highest BCUT2D eigenvalue weighted by Crippen LogP contribution is 2.18. The first-order chi connectivity index (χ1) is 7.79. The lowest BCUT2D eigenvalue weighted by atomic mass is 10.0. The summed E-state index contributed by atoms with van der Waals surface area (Å²) in [6, 6.07) is 1.72. The Kier molecular flexibility index (Phi) is 5.54. The van der Waals surface area contributed by atoms with Crippen molar-refractivity contribution in [2.75, 3.05) is 7.11 Å². The Morgan fingerprint density at radius 3 is 2.88 bits per heavy atom. The van der Waals surface area contributed by atoms with Crippen LogP contribution in [-0.2, 0) is 0 Å². The number of carbonyl (C=O) groups excluding carboxylic acids is 1. The van der Waals surface area contributed by atoms with Gasteiger partial charge in [0, 0.05) is 12.6 Å². The highest BCUT2D eigenvalue weighted by Gasteiger charge is 2.10. The fourth-order valence-corrected chi connectivity index (χ4v) is 1.62. The monoisotopic (exact) mass is 221 g/mol. The molecule has 0 N–H and O–H groups in total. The second kappa shape index (κ2) is 6.99. The molecule has 3 heteroatoms. The van der Waals surface area contributed by atoms with E-state index < -0.39 is 0 Å². The van der Waals surface area contributed by atoms with E-state index in [-0.39, 0.29) is 5.78 Å². The van der Waals surface area contributed by atoms with Crippen LogP contribution in [-0.4, -0.2) is 17.9 Å². The van der Waals surface area contributed by atoms with E-state index in [0.717, 1.165) is 12.8 Å². The second-order valence-corrected chi connectivity index (χ2v) is 3.81. The van der Waals surface area contributed by atoms with Gasteiger partial charge in [0.2, 0.25) is 0 Å². The number of aromatic nitrogens is 1. The van der Waals surface area contributed by atoms with Crippen molar-refractivity contribution in [2.24, 2.45) is 0 Å². The van der Waals surface area contributed by atoms with E-state index >= 15 is 0 Å². The first-order valence-electron chi connectivity index (χ1n) is 5.80. The molecule has 0 aromatic carbocycles. The lowest BCUT2D eigenvalue weighted by Gasteiger charge is -2.06. The topological polar surface area (TPSA) is 39.2 Å². The van der Waals surface area contributed by atoms with E-state index in [2.05, 4.69) is 11.9 Å². The Morgan fingerprint density at radius 1 is 1.38 bits per heavy atom. The summed E-state index contributed by atoms with van der Waals surface area (Å²) in [5.41, 5.74) is 0.647. The van der Waals surface area contributed by atoms with Crippen molar-refractivity contribution in [1.29, 1.82) is 0 Å². The van der Waals surface area contributed by atoms with Crippen molar-refractivity contribution in [1.82, 2.24) is 4.98 Å². The van der Waals surface area contributed by atoms with E-state index in [4.69, 9.17) is 4.74 Å². The molecule has 1 aromatic rings. The van der Waals surface area contributed by atoms with E-state index in [0.29, 0.717) is 17.7 Å². The van der Waals surface area contributed by atoms with Gasteiger partial charge in [-0.2, -0.15) is 0 Å². The Bertz CT molecular complexity index is 336. The molecule has 0 bridgehead atoms. The van der Waals surface area contributed by atoms with Gasteiger partial charge in [-0.25, -0.2) is 0 Å². The van der Waals surface area contributed by atoms with Crippen LogP contribution in [0.5, 0.6) is 5.75 Å². The summed E-state index contributed by atoms with van der Waals surface area (Å²) in [5, 5.41) is 0. The van der Waals surface area contributed by atoms with E-state index in [1.807, 2.05) is 0 Å². The lowest BCUT2D eigenvalue weighted by molar-refractivity contribution is 0.0976. The van der Waals surface area contributed by atoms with Crippen LogP contribution in [0.15, 0.2) is 18.5 Å². The van der Waals surface area contributed by atoms with Crippen molar-refractivity contribution < 1.29 is 9.53 Å². The molecule has 0 aliphatic carbocycles. The molecule has 3 nitrogen and oxygen atoms in total. The Balaban J connectivity index is 2.52. The van der Waals surface area contributed by atoms with Gasteiger partial charge in [-0.15, -0.1) is 0 Å². The molecule has 0 amide bonds. The fraction of sp³-hybridized carbons (Fsp3) is 0.538. The Morgan fingerprint density at radius 2 is 2.19 bits per heavy atom. The summed E-state index contributed by atoms with van der Waals surface area (Å²) >= 11 is 0. The third-order valence-electron chi connectivity index (χ3n) is 2.56. The number of rotatable bonds is 7. The predicted octanol–water partition coefficient (Wildman–Crippen LogP) is 3.24. The van der Waals surface area contributed by atoms with Crippen molar-refractivity contribution in [3.8, 4) is 5.75 Å². The predicted molar refractivity (Wildman–Crippen MR) is 63.9 cm³/mol. The maximum absolute atomic E-state index is 11.9. The summed E-state index contributed by atoms with van der Waals surface area (Å²) in [5.74, 6) is 0.721. The molecule has 1 heterocycles. The maximum Gasteiger partial charge on any atom is 0.166 e. The molecule has 1 rings (SSSR count). The number of hydrogen-bond donors (Lipinski definition) is 0. The molecule has 1 aromatic heterocycles. The molecule has 0 atom stereocenters. The van der Waals surface area contributed by atoms with Gasteiger partial charge < -0.3 is 4.74 Å². The molecule has 88 valence electrons. The van der Waals surface area contributed by atoms with Crippen molar-refractivity contribution in [2.45, 2.75) is 39.0 Å². The number of methoxy groups -OCH3 is 1. The molecule has 0 unspecified atom stereocenters. The van der Waals surface area contributed by atoms with Crippen molar-refractivity contribution >= 4 is 5.78 Å². The van der Waals surface area contributed by atoms with Crippen LogP contribution >= 0.6 is 0 Å². The molecule has 16 heavy (non-hydrogen) atoms. The van der Waals surface area contributed by atoms with E-state index in [1.54, 1.807) is 25.6 Å². The maximum atomic E-state index is 11.9. The van der Waals surface area contributed by atoms with Gasteiger partial charge >= 0.3 is 0 Å². The number of pyridine rings is 1. The quantitative estimate of drug-likeness (QED) is 0.524. The third kappa shape index (κ3) is 3.65. The van der Waals surface area contributed by atoms with Crippen LogP contribution in [0, 0.1) is 0 Å². The van der Waals surface area contributed by atoms with Gasteiger partial charge in [-0.3, -0.25) is 9.78 Å². The Labute approximate surface area is 96.8 Å². The summed E-state index contributed by atoms with van der Waals surface area (Å²) < 4.78 is 5.11. The number of ether oxygens (including phenoxy) is 1. The number of ketones is 1. The highest BCUT2D eigenvalue weighted by atomic mass is 16.5. The van der Waals surface area contributed by atoms with Crippen LogP contribution in [0.1, 0.15) is 49.4 Å². The van der Waals surface area contributed by atoms with Crippen molar-refractivity contribution in [3.05, 3.63) is 24.0 Å². The largest absolute Gasteiger partial charge is 0.494 e. The fourth-order valence-electron chi connectivity index (χ4n) is 1.62. The summed E-state index contributed by atoms with van der Waals surface area (Å²) in [6.07, 6.45) is 8.27. The number of unbranched alkanes of at least 4 members (excludes halogenated alkanes) is 3. The molecular formula is C13H19NO2. The minimum absolute atomic E-state index is 0.148. The molecular weight excluding hydrogens is 202 g/mol. The first-order valence-corrected chi connectivity index (χ1v) is 5.80. The smallest absolute Gasteiger partial charge is 0.166 e. The van der Waals surface area contributed by atoms with Gasteiger partial charge in [0.1, 0.15) is 5.75 Å². The lowest BCUT2D eigenvalue weighted by Crippen LogP contribution is -2.02. The molecule has 0 saturated carbocycles. The van der Waals surface area contributed by atoms with Gasteiger partial charge in [-0.1, -0.05) is 26.2 Å². The van der Waals surface area contributed by atoms with Gasteiger partial charge in [0.05, 0.1) is 18.9 Å². The van der Waals surface area contributed by atoms with Crippen LogP contribution < -0.4 is 4.74 Å². The molecule has 0 radical (unpaired) electrons. The first kappa shape index (κ1) is 12.7. The van der Waals surface area contributed by atoms with E-state index in [1.165, 1.54) is 12.8 Å². The molecule has 0 fully saturated rings. The molecule has 0 spiro atoms. The number of nitrogens with zero attached hydrogens (tertiary/aromatic N) is 1. The zero-order valence-electron chi connectivity index (χ0n) is 10.0. The van der Waals surface area contributed by atoms with Crippen LogP contribution in [0.2, 0.25) is 0 Å². The minimum Gasteiger partial charge on any atom is -0.494 e. The number of carbonyl (C=O) groups is 1. The standard InChI is InChI=1S/C13H19NO2/c1-3-4-5-6-7-12(15)11-8-9-14-10-13(11)16-2/h8-10H,3-7H2,1-2H3. The van der Waals surface area contributed by atoms with Crippen molar-refractivity contribution in [3.63, 3.8) is 0 Å². The van der Waals surface area contributed by atoms with Crippen LogP contribution in [0.3, 0.4) is 0 Å². The number of Topliss-reactive ketones (excluding diaryl/α,β-unsaturated/α-hetero) is 1. The summed E-state index contributed by atoms with van der Waals surface area (Å²) in [4.78, 5) is 15.8. The average molecular weight is 221 g/mol. The molecule has 0 aliphatic rings. The summed E-state index contributed by atoms with van der Waals surface area (Å²) in [6.45, 7) is 2.16. The zero-order valence-corrected chi connectivity index (χ0v) is 10.0. The second-order valence-electron chi connectivity index (χ2n) is 3.81. The Hall–Kier alpha value is -1.38. The van der Waals surface area contributed by atoms with E-state index in [9.17, 15) is 4.79 Å². The number of hydrogen-bond acceptors (Lipinski definition) is 3. The SMILES string of the molecule is CCCCCCC(=O)c1ccncc1OC. The van der Waals surface area contributed by atoms with Crippen LogP contribution in [0.4, 0.5) is 0 Å². The highest BCUT2D eigenvalue weighted by molar-refractivity contribution is 5.98. The van der Waals surface area contributed by atoms with Gasteiger partial charge in [-0.05, 0) is 12.5 Å². The minimum atomic E-state index is 0.148. The van der Waals surface area contributed by atoms with Gasteiger partial charge in [0.15, 0.2) is 5.78 Å². The normalized spacial score (nSPS) is 10.1. The zero-order chi connectivity index (χ0) is 11.8. The van der Waals surface area contributed by atoms with Gasteiger partial charge in [0.25, 0.3) is 0 Å². The summed E-state index contributed by atoms with van der Waals surface area (Å²) in [7, 11) is 1.56.